The van der Waals surface area contributed by atoms with Crippen molar-refractivity contribution >= 4 is 29.3 Å². The third-order valence-electron chi connectivity index (χ3n) is 8.76. The van der Waals surface area contributed by atoms with Crippen molar-refractivity contribution in [2.75, 3.05) is 70.5 Å². The van der Waals surface area contributed by atoms with Gasteiger partial charge in [0.15, 0.2) is 11.5 Å². The number of rotatable bonds is 10. The summed E-state index contributed by atoms with van der Waals surface area (Å²) in [6.45, 7) is 8.66. The molecule has 0 aliphatic carbocycles. The highest BCUT2D eigenvalue weighted by atomic mass is 16.6. The monoisotopic (exact) mass is 611 g/mol. The number of amides is 2. The first-order valence-electron chi connectivity index (χ1n) is 16.1. The second-order valence-electron chi connectivity index (χ2n) is 12.8. The van der Waals surface area contributed by atoms with Gasteiger partial charge in [-0.05, 0) is 58.3 Å². The number of nitrogens with zero attached hydrogens (tertiary/aromatic N) is 6. The van der Waals surface area contributed by atoms with Crippen LogP contribution in [0.1, 0.15) is 57.4 Å². The van der Waals surface area contributed by atoms with Crippen LogP contribution in [0.3, 0.4) is 0 Å². The fourth-order valence-corrected chi connectivity index (χ4v) is 6.27. The number of hydrogen-bond acceptors (Lipinski definition) is 10. The number of likely N-dealkylation sites (tertiary alicyclic amines) is 2. The Labute approximate surface area is 260 Å². The molecule has 4 N–H and O–H groups in total. The highest BCUT2D eigenvalue weighted by Gasteiger charge is 2.34. The molecule has 0 radical (unpaired) electrons. The number of hydrogen-bond donors (Lipinski definition) is 4. The summed E-state index contributed by atoms with van der Waals surface area (Å²) in [6, 6.07) is 1.88. The number of carbonyl (C=O) groups is 2. The van der Waals surface area contributed by atoms with Crippen molar-refractivity contribution in [1.82, 2.24) is 34.6 Å². The Bertz CT molecular complexity index is 1310. The van der Waals surface area contributed by atoms with E-state index in [4.69, 9.17) is 9.84 Å². The van der Waals surface area contributed by atoms with Crippen molar-refractivity contribution in [2.45, 2.75) is 70.2 Å². The topological polar surface area (TPSA) is 140 Å². The van der Waals surface area contributed by atoms with Crippen LogP contribution in [0.2, 0.25) is 0 Å². The number of β-amino-alcohol motifs (C(OH)–C–C–N with tert-alkyl or cyclic N) is 1. The molecule has 3 aliphatic heterocycles. The Balaban J connectivity index is 1.25. The predicted molar refractivity (Wildman–Crippen MR) is 170 cm³/mol. The smallest absolute Gasteiger partial charge is 0.411 e. The highest BCUT2D eigenvalue weighted by Crippen LogP contribution is 2.30. The molecule has 2 aromatic rings. The molecule has 1 unspecified atom stereocenters. The van der Waals surface area contributed by atoms with Crippen molar-refractivity contribution in [3.63, 3.8) is 0 Å². The van der Waals surface area contributed by atoms with Crippen molar-refractivity contribution in [3.05, 3.63) is 30.0 Å². The summed E-state index contributed by atoms with van der Waals surface area (Å²) in [6.07, 6.45) is 8.09. The van der Waals surface area contributed by atoms with E-state index in [9.17, 15) is 14.7 Å². The van der Waals surface area contributed by atoms with E-state index in [1.807, 2.05) is 35.7 Å². The lowest BCUT2D eigenvalue weighted by molar-refractivity contribution is -0.125. The van der Waals surface area contributed by atoms with E-state index in [0.29, 0.717) is 45.7 Å². The number of carbonyl (C=O) groups excluding carboxylic acids is 2. The molecular formula is C31H49N9O4. The summed E-state index contributed by atoms with van der Waals surface area (Å²) in [4.78, 5) is 36.1. The summed E-state index contributed by atoms with van der Waals surface area (Å²) >= 11 is 0. The van der Waals surface area contributed by atoms with Crippen LogP contribution in [-0.4, -0.2) is 125 Å². The molecule has 44 heavy (non-hydrogen) atoms. The first-order chi connectivity index (χ1) is 21.2. The highest BCUT2D eigenvalue weighted by molar-refractivity contribution is 5.87. The third-order valence-corrected chi connectivity index (χ3v) is 8.76. The molecule has 0 aromatic carbocycles. The number of piperidine rings is 2. The molecule has 5 rings (SSSR count). The van der Waals surface area contributed by atoms with Crippen LogP contribution in [0.5, 0.6) is 0 Å². The minimum atomic E-state index is -0.388. The average molecular weight is 612 g/mol. The molecule has 2 amide bonds. The SMILES string of the molecule is CC(C)c1c(NC[C@H]2CCNC[C@@H]2O)nn2c(NC3CCCCN3C(=O)O[C@H]3CCN(C(=O)/C=C/CN(C)C)C3)ccnc12. The normalized spacial score (nSPS) is 24.5. The zero-order valence-electron chi connectivity index (χ0n) is 26.5. The maximum atomic E-state index is 13.4. The lowest BCUT2D eigenvalue weighted by atomic mass is 9.95. The number of likely N-dealkylation sites (N-methyl/N-ethyl adjacent to an activating group) is 1. The van der Waals surface area contributed by atoms with Crippen LogP contribution in [0.15, 0.2) is 24.4 Å². The molecule has 242 valence electrons. The van der Waals surface area contributed by atoms with Gasteiger partial charge in [-0.15, -0.1) is 5.10 Å². The van der Waals surface area contributed by atoms with Gasteiger partial charge in [-0.2, -0.15) is 4.52 Å². The van der Waals surface area contributed by atoms with Crippen molar-refractivity contribution in [1.29, 1.82) is 0 Å². The standard InChI is InChI=1S/C31H49N9O4/c1-21(2)28-29(34-18-22-10-13-32-19-24(22)41)36-40-26(11-14-33-30(28)40)35-25-8-5-6-16-39(25)31(43)44-23-12-17-38(20-23)27(42)9-7-15-37(3)4/h7,9,11,14,21-25,32,35,41H,5-6,8,10,12-13,15-20H2,1-4H3,(H,34,36)/b9-7+/t22-,23+,24+,25?/m1/s1. The second-order valence-corrected chi connectivity index (χ2v) is 12.8. The van der Waals surface area contributed by atoms with E-state index in [1.54, 1.807) is 22.1 Å². The number of nitrogens with one attached hydrogen (secondary N) is 3. The molecule has 0 spiro atoms. The van der Waals surface area contributed by atoms with Gasteiger partial charge in [0.2, 0.25) is 5.91 Å². The maximum absolute atomic E-state index is 13.4. The molecule has 4 atom stereocenters. The molecule has 0 bridgehead atoms. The van der Waals surface area contributed by atoms with Gasteiger partial charge in [0.1, 0.15) is 18.1 Å². The predicted octanol–water partition coefficient (Wildman–Crippen LogP) is 2.31. The summed E-state index contributed by atoms with van der Waals surface area (Å²) in [7, 11) is 3.91. The zero-order valence-corrected chi connectivity index (χ0v) is 26.5. The molecule has 3 saturated heterocycles. The minimum absolute atomic E-state index is 0.0506. The van der Waals surface area contributed by atoms with Crippen LogP contribution in [0.25, 0.3) is 5.65 Å². The number of ether oxygens (including phenoxy) is 1. The zero-order chi connectivity index (χ0) is 31.2. The van der Waals surface area contributed by atoms with Gasteiger partial charge in [0.25, 0.3) is 0 Å². The fraction of sp³-hybridized carbons (Fsp3) is 0.677. The average Bonchev–Trinajstić information content (AvgIpc) is 3.62. The Kier molecular flexibility index (Phi) is 10.6. The summed E-state index contributed by atoms with van der Waals surface area (Å²) in [5, 5.41) is 25.6. The molecule has 3 fully saturated rings. The summed E-state index contributed by atoms with van der Waals surface area (Å²) < 4.78 is 7.75. The van der Waals surface area contributed by atoms with Gasteiger partial charge < -0.3 is 35.6 Å². The first kappa shape index (κ1) is 32.0. The first-order valence-corrected chi connectivity index (χ1v) is 16.1. The van der Waals surface area contributed by atoms with Crippen LogP contribution < -0.4 is 16.0 Å². The van der Waals surface area contributed by atoms with Crippen LogP contribution in [-0.2, 0) is 9.53 Å². The third kappa shape index (κ3) is 7.62. The Morgan fingerprint density at radius 3 is 2.84 bits per heavy atom. The quantitative estimate of drug-likeness (QED) is 0.296. The molecule has 3 aliphatic rings. The Morgan fingerprint density at radius 2 is 2.07 bits per heavy atom. The molecular weight excluding hydrogens is 562 g/mol. The Hall–Kier alpha value is -3.42. The Morgan fingerprint density at radius 1 is 1.23 bits per heavy atom. The number of aromatic nitrogens is 3. The molecule has 13 nitrogen and oxygen atoms in total. The second kappa shape index (κ2) is 14.6. The van der Waals surface area contributed by atoms with Gasteiger partial charge >= 0.3 is 6.09 Å². The fourth-order valence-electron chi connectivity index (χ4n) is 6.27. The number of fused-ring (bicyclic) bond motifs is 1. The van der Waals surface area contributed by atoms with E-state index in [1.165, 1.54) is 0 Å². The van der Waals surface area contributed by atoms with Crippen LogP contribution in [0, 0.1) is 5.92 Å². The largest absolute Gasteiger partial charge is 0.444 e. The lowest BCUT2D eigenvalue weighted by Crippen LogP contribution is -2.49. The van der Waals surface area contributed by atoms with E-state index in [-0.39, 0.29) is 42.2 Å². The van der Waals surface area contributed by atoms with Gasteiger partial charge in [-0.25, -0.2) is 9.78 Å². The number of aliphatic hydroxyl groups is 1. The van der Waals surface area contributed by atoms with Crippen LogP contribution in [0.4, 0.5) is 16.4 Å². The van der Waals surface area contributed by atoms with E-state index in [2.05, 4.69) is 34.8 Å². The molecule has 2 aromatic heterocycles. The summed E-state index contributed by atoms with van der Waals surface area (Å²) in [5.41, 5.74) is 1.78. The van der Waals surface area contributed by atoms with Crippen LogP contribution >= 0.6 is 0 Å². The van der Waals surface area contributed by atoms with Gasteiger partial charge in [-0.3, -0.25) is 9.69 Å². The lowest BCUT2D eigenvalue weighted by Gasteiger charge is -2.36. The number of anilines is 2. The van der Waals surface area contributed by atoms with Gasteiger partial charge in [-0.1, -0.05) is 19.9 Å². The molecule has 5 heterocycles. The van der Waals surface area contributed by atoms with Crippen molar-refractivity contribution < 1.29 is 19.4 Å². The van der Waals surface area contributed by atoms with Gasteiger partial charge in [0.05, 0.1) is 12.6 Å². The van der Waals surface area contributed by atoms with E-state index < -0.39 is 0 Å². The van der Waals surface area contributed by atoms with Crippen molar-refractivity contribution in [3.8, 4) is 0 Å². The van der Waals surface area contributed by atoms with E-state index >= 15 is 0 Å². The summed E-state index contributed by atoms with van der Waals surface area (Å²) in [5.74, 6) is 1.80. The molecule has 13 heteroatoms. The minimum Gasteiger partial charge on any atom is -0.444 e. The maximum Gasteiger partial charge on any atom is 0.411 e. The van der Waals surface area contributed by atoms with E-state index in [0.717, 1.165) is 55.1 Å². The number of aliphatic hydroxyl groups excluding tert-OH is 1. The van der Waals surface area contributed by atoms with Crippen molar-refractivity contribution in [2.24, 2.45) is 5.92 Å². The molecule has 0 saturated carbocycles. The van der Waals surface area contributed by atoms with Gasteiger partial charge in [0, 0.05) is 62.9 Å².